The summed E-state index contributed by atoms with van der Waals surface area (Å²) >= 11 is 0. The van der Waals surface area contributed by atoms with E-state index < -0.39 is 5.82 Å². The van der Waals surface area contributed by atoms with Crippen LogP contribution in [0.4, 0.5) is 10.2 Å². The number of nitrogens with one attached hydrogen (secondary N) is 1. The van der Waals surface area contributed by atoms with Gasteiger partial charge in [-0.1, -0.05) is 0 Å². The minimum Gasteiger partial charge on any atom is -0.354 e. The number of aryl methyl sites for hydroxylation is 1. The first-order valence-corrected chi connectivity index (χ1v) is 7.13. The van der Waals surface area contributed by atoms with Crippen molar-refractivity contribution in [2.24, 2.45) is 7.05 Å². The first-order chi connectivity index (χ1) is 10.6. The number of anilines is 1. The summed E-state index contributed by atoms with van der Waals surface area (Å²) in [6, 6.07) is 0.0727. The standard InChI is InChI=1S/C14H17FN6O/c1-20-9-17-7-12(20)14(22)19-10-2-4-21(5-3-10)13-11(15)6-16-8-18-13/h6-10H,2-5H2,1H3,(H,19,22). The van der Waals surface area contributed by atoms with Crippen LogP contribution in [-0.2, 0) is 7.05 Å². The quantitative estimate of drug-likeness (QED) is 0.905. The lowest BCUT2D eigenvalue weighted by Crippen LogP contribution is -2.45. The van der Waals surface area contributed by atoms with Crippen molar-refractivity contribution >= 4 is 11.7 Å². The third-order valence-electron chi connectivity index (χ3n) is 3.83. The number of aromatic nitrogens is 4. The summed E-state index contributed by atoms with van der Waals surface area (Å²) in [5.41, 5.74) is 0.532. The highest BCUT2D eigenvalue weighted by Gasteiger charge is 2.24. The van der Waals surface area contributed by atoms with Crippen LogP contribution in [0.5, 0.6) is 0 Å². The van der Waals surface area contributed by atoms with E-state index in [0.717, 1.165) is 12.8 Å². The van der Waals surface area contributed by atoms with Gasteiger partial charge in [-0.25, -0.2) is 19.3 Å². The van der Waals surface area contributed by atoms with Crippen LogP contribution < -0.4 is 10.2 Å². The lowest BCUT2D eigenvalue weighted by molar-refractivity contribution is 0.0922. The van der Waals surface area contributed by atoms with Gasteiger partial charge >= 0.3 is 0 Å². The Hall–Kier alpha value is -2.51. The molecule has 8 heteroatoms. The average Bonchev–Trinajstić information content (AvgIpc) is 2.95. The maximum atomic E-state index is 13.7. The normalized spacial score (nSPS) is 15.8. The molecule has 1 N–H and O–H groups in total. The lowest BCUT2D eigenvalue weighted by Gasteiger charge is -2.33. The van der Waals surface area contributed by atoms with Crippen LogP contribution in [0.3, 0.4) is 0 Å². The molecule has 22 heavy (non-hydrogen) atoms. The molecule has 2 aromatic rings. The molecule has 1 aliphatic heterocycles. The summed E-state index contributed by atoms with van der Waals surface area (Å²) in [5.74, 6) is -0.224. The highest BCUT2D eigenvalue weighted by atomic mass is 19.1. The number of carbonyl (C=O) groups is 1. The van der Waals surface area contributed by atoms with Gasteiger partial charge in [0.05, 0.1) is 18.7 Å². The molecule has 7 nitrogen and oxygen atoms in total. The minimum atomic E-state index is -0.417. The molecule has 0 spiro atoms. The van der Waals surface area contributed by atoms with Crippen molar-refractivity contribution in [1.29, 1.82) is 0 Å². The summed E-state index contributed by atoms with van der Waals surface area (Å²) in [6.07, 6.45) is 7.13. The second-order valence-corrected chi connectivity index (χ2v) is 5.32. The minimum absolute atomic E-state index is 0.0727. The van der Waals surface area contributed by atoms with Gasteiger partial charge in [0.15, 0.2) is 11.6 Å². The molecular formula is C14H17FN6O. The summed E-state index contributed by atoms with van der Waals surface area (Å²) in [6.45, 7) is 1.29. The molecule has 3 heterocycles. The summed E-state index contributed by atoms with van der Waals surface area (Å²) < 4.78 is 15.3. The molecule has 0 saturated carbocycles. The number of hydrogen-bond donors (Lipinski definition) is 1. The van der Waals surface area contributed by atoms with E-state index in [-0.39, 0.29) is 11.9 Å². The van der Waals surface area contributed by atoms with Crippen molar-refractivity contribution in [1.82, 2.24) is 24.8 Å². The fourth-order valence-corrected chi connectivity index (χ4v) is 2.61. The third kappa shape index (κ3) is 2.90. The van der Waals surface area contributed by atoms with E-state index in [9.17, 15) is 9.18 Å². The van der Waals surface area contributed by atoms with E-state index >= 15 is 0 Å². The zero-order valence-corrected chi connectivity index (χ0v) is 12.2. The van der Waals surface area contributed by atoms with Gasteiger partial charge in [0.1, 0.15) is 12.0 Å². The van der Waals surface area contributed by atoms with Gasteiger partial charge in [0.25, 0.3) is 5.91 Å². The van der Waals surface area contributed by atoms with Gasteiger partial charge in [-0.2, -0.15) is 0 Å². The van der Waals surface area contributed by atoms with E-state index in [1.807, 2.05) is 4.90 Å². The highest BCUT2D eigenvalue weighted by molar-refractivity contribution is 5.92. The number of amides is 1. The van der Waals surface area contributed by atoms with Crippen LogP contribution in [0.15, 0.2) is 25.0 Å². The molecule has 0 aromatic carbocycles. The molecule has 1 fully saturated rings. The molecule has 0 radical (unpaired) electrons. The number of halogens is 1. The monoisotopic (exact) mass is 304 g/mol. The fourth-order valence-electron chi connectivity index (χ4n) is 2.61. The Balaban J connectivity index is 1.57. The predicted octanol–water partition coefficient (Wildman–Crippen LogP) is 0.748. The van der Waals surface area contributed by atoms with E-state index in [0.29, 0.717) is 24.6 Å². The van der Waals surface area contributed by atoms with E-state index in [1.54, 1.807) is 24.1 Å². The van der Waals surface area contributed by atoms with Crippen molar-refractivity contribution in [2.45, 2.75) is 18.9 Å². The van der Waals surface area contributed by atoms with Crippen LogP contribution in [0.2, 0.25) is 0 Å². The Labute approximate surface area is 127 Å². The number of piperidine rings is 1. The molecule has 3 rings (SSSR count). The van der Waals surface area contributed by atoms with E-state index in [1.165, 1.54) is 12.5 Å². The van der Waals surface area contributed by atoms with Crippen molar-refractivity contribution in [3.63, 3.8) is 0 Å². The van der Waals surface area contributed by atoms with E-state index in [4.69, 9.17) is 0 Å². The Morgan fingerprint density at radius 2 is 2.09 bits per heavy atom. The lowest BCUT2D eigenvalue weighted by atomic mass is 10.0. The zero-order valence-electron chi connectivity index (χ0n) is 12.2. The first kappa shape index (κ1) is 14.4. The molecular weight excluding hydrogens is 287 g/mol. The van der Waals surface area contributed by atoms with Crippen LogP contribution in [0.1, 0.15) is 23.3 Å². The van der Waals surface area contributed by atoms with E-state index in [2.05, 4.69) is 20.3 Å². The van der Waals surface area contributed by atoms with Crippen molar-refractivity contribution in [3.05, 3.63) is 36.6 Å². The van der Waals surface area contributed by atoms with Gasteiger partial charge in [-0.3, -0.25) is 4.79 Å². The van der Waals surface area contributed by atoms with Gasteiger partial charge in [0, 0.05) is 26.2 Å². The van der Waals surface area contributed by atoms with Crippen molar-refractivity contribution < 1.29 is 9.18 Å². The van der Waals surface area contributed by atoms with Crippen LogP contribution >= 0.6 is 0 Å². The summed E-state index contributed by atoms with van der Waals surface area (Å²) in [5, 5.41) is 3.00. The SMILES string of the molecule is Cn1cncc1C(=O)NC1CCN(c2ncncc2F)CC1. The average molecular weight is 304 g/mol. The van der Waals surface area contributed by atoms with Gasteiger partial charge < -0.3 is 14.8 Å². The molecule has 116 valence electrons. The molecule has 2 aromatic heterocycles. The molecule has 0 unspecified atom stereocenters. The third-order valence-corrected chi connectivity index (χ3v) is 3.83. The number of hydrogen-bond acceptors (Lipinski definition) is 5. The van der Waals surface area contributed by atoms with Gasteiger partial charge in [0.2, 0.25) is 0 Å². The first-order valence-electron chi connectivity index (χ1n) is 7.13. The molecule has 0 aliphatic carbocycles. The second kappa shape index (κ2) is 6.08. The fraction of sp³-hybridized carbons (Fsp3) is 0.429. The molecule has 0 atom stereocenters. The predicted molar refractivity (Wildman–Crippen MR) is 77.9 cm³/mol. The van der Waals surface area contributed by atoms with Crippen molar-refractivity contribution in [3.8, 4) is 0 Å². The Morgan fingerprint density at radius 3 is 2.73 bits per heavy atom. The summed E-state index contributed by atoms with van der Waals surface area (Å²) in [7, 11) is 1.78. The van der Waals surface area contributed by atoms with Crippen LogP contribution in [-0.4, -0.2) is 44.6 Å². The van der Waals surface area contributed by atoms with Gasteiger partial charge in [-0.05, 0) is 12.8 Å². The Kier molecular flexibility index (Phi) is 3.99. The number of carbonyl (C=O) groups excluding carboxylic acids is 1. The van der Waals surface area contributed by atoms with Crippen molar-refractivity contribution in [2.75, 3.05) is 18.0 Å². The largest absolute Gasteiger partial charge is 0.354 e. The molecule has 1 amide bonds. The Morgan fingerprint density at radius 1 is 1.32 bits per heavy atom. The number of imidazole rings is 1. The van der Waals surface area contributed by atoms with Crippen LogP contribution in [0.25, 0.3) is 0 Å². The van der Waals surface area contributed by atoms with Crippen LogP contribution in [0, 0.1) is 5.82 Å². The topological polar surface area (TPSA) is 75.9 Å². The number of nitrogens with zero attached hydrogens (tertiary/aromatic N) is 5. The number of rotatable bonds is 3. The zero-order chi connectivity index (χ0) is 15.5. The molecule has 1 saturated heterocycles. The van der Waals surface area contributed by atoms with Gasteiger partial charge in [-0.15, -0.1) is 0 Å². The Bertz CT molecular complexity index is 665. The maximum Gasteiger partial charge on any atom is 0.269 e. The molecule has 1 aliphatic rings. The summed E-state index contributed by atoms with van der Waals surface area (Å²) in [4.78, 5) is 25.6. The second-order valence-electron chi connectivity index (χ2n) is 5.32. The molecule has 0 bridgehead atoms. The smallest absolute Gasteiger partial charge is 0.269 e. The highest BCUT2D eigenvalue weighted by Crippen LogP contribution is 2.20. The maximum absolute atomic E-state index is 13.7.